The van der Waals surface area contributed by atoms with Crippen molar-refractivity contribution in [2.24, 2.45) is 0 Å². The van der Waals surface area contributed by atoms with E-state index in [2.05, 4.69) is 16.0 Å². The van der Waals surface area contributed by atoms with Crippen molar-refractivity contribution in [3.8, 4) is 0 Å². The lowest BCUT2D eigenvalue weighted by atomic mass is 10.1. The van der Waals surface area contributed by atoms with Crippen molar-refractivity contribution in [2.45, 2.75) is 38.3 Å². The van der Waals surface area contributed by atoms with Crippen LogP contribution in [-0.2, 0) is 4.79 Å². The van der Waals surface area contributed by atoms with Crippen molar-refractivity contribution >= 4 is 36.0 Å². The summed E-state index contributed by atoms with van der Waals surface area (Å²) in [6.07, 6.45) is 4.51. The molecule has 1 aromatic carbocycles. The average molecular weight is 386 g/mol. The minimum absolute atomic E-state index is 0. The lowest BCUT2D eigenvalue weighted by Gasteiger charge is -2.26. The average Bonchev–Trinajstić information content (AvgIpc) is 2.59. The van der Waals surface area contributed by atoms with Gasteiger partial charge in [-0.2, -0.15) is 11.8 Å². The number of carbonyl (C=O) groups is 2. The zero-order valence-corrected chi connectivity index (χ0v) is 16.5. The number of nitrogens with one attached hydrogen (secondary N) is 3. The fourth-order valence-electron chi connectivity index (χ4n) is 2.80. The van der Waals surface area contributed by atoms with E-state index in [0.717, 1.165) is 37.2 Å². The van der Waals surface area contributed by atoms with E-state index >= 15 is 0 Å². The van der Waals surface area contributed by atoms with Crippen LogP contribution in [0.4, 0.5) is 0 Å². The number of amides is 2. The second-order valence-corrected chi connectivity index (χ2v) is 7.20. The summed E-state index contributed by atoms with van der Waals surface area (Å²) < 4.78 is 0. The highest BCUT2D eigenvalue weighted by Gasteiger charge is 2.24. The lowest BCUT2D eigenvalue weighted by molar-refractivity contribution is -0.123. The Bertz CT molecular complexity index is 565. The van der Waals surface area contributed by atoms with Gasteiger partial charge >= 0.3 is 0 Å². The molecule has 0 spiro atoms. The van der Waals surface area contributed by atoms with E-state index in [1.165, 1.54) is 0 Å². The number of thioether (sulfide) groups is 1. The molecule has 1 saturated heterocycles. The lowest BCUT2D eigenvalue weighted by Crippen LogP contribution is -2.51. The van der Waals surface area contributed by atoms with Gasteiger partial charge in [0.05, 0.1) is 0 Å². The van der Waals surface area contributed by atoms with Crippen LogP contribution in [0, 0.1) is 6.92 Å². The Balaban J connectivity index is 0.00000312. The van der Waals surface area contributed by atoms with E-state index in [1.54, 1.807) is 17.8 Å². The Morgan fingerprint density at radius 3 is 2.68 bits per heavy atom. The van der Waals surface area contributed by atoms with Crippen molar-refractivity contribution < 1.29 is 9.59 Å². The van der Waals surface area contributed by atoms with Gasteiger partial charge in [-0.05, 0) is 63.4 Å². The van der Waals surface area contributed by atoms with Gasteiger partial charge in [-0.3, -0.25) is 9.59 Å². The molecule has 1 unspecified atom stereocenters. The van der Waals surface area contributed by atoms with Gasteiger partial charge < -0.3 is 16.0 Å². The first-order valence-electron chi connectivity index (χ1n) is 8.47. The summed E-state index contributed by atoms with van der Waals surface area (Å²) in [5, 5.41) is 9.28. The van der Waals surface area contributed by atoms with E-state index in [4.69, 9.17) is 0 Å². The largest absolute Gasteiger partial charge is 0.351 e. The molecule has 0 aliphatic carbocycles. The summed E-state index contributed by atoms with van der Waals surface area (Å²) in [5.74, 6) is 0.570. The van der Waals surface area contributed by atoms with Crippen LogP contribution >= 0.6 is 24.2 Å². The molecular weight excluding hydrogens is 358 g/mol. The molecule has 1 atom stereocenters. The topological polar surface area (TPSA) is 70.2 Å². The molecule has 5 nitrogen and oxygen atoms in total. The number of halogens is 1. The summed E-state index contributed by atoms with van der Waals surface area (Å²) in [6.45, 7) is 3.80. The molecule has 1 fully saturated rings. The smallest absolute Gasteiger partial charge is 0.251 e. The molecule has 2 amide bonds. The van der Waals surface area contributed by atoms with E-state index < -0.39 is 6.04 Å². The maximum atomic E-state index is 12.6. The number of hydrogen-bond acceptors (Lipinski definition) is 4. The molecular formula is C18H28ClN3O2S. The van der Waals surface area contributed by atoms with Gasteiger partial charge in [-0.15, -0.1) is 12.4 Å². The highest BCUT2D eigenvalue weighted by molar-refractivity contribution is 7.98. The molecule has 7 heteroatoms. The molecule has 140 valence electrons. The Morgan fingerprint density at radius 1 is 1.32 bits per heavy atom. The summed E-state index contributed by atoms with van der Waals surface area (Å²) in [5.41, 5.74) is 1.63. The van der Waals surface area contributed by atoms with Crippen LogP contribution in [0.5, 0.6) is 0 Å². The Morgan fingerprint density at radius 2 is 2.04 bits per heavy atom. The molecule has 0 saturated carbocycles. The molecule has 1 heterocycles. The SMILES string of the molecule is CSCCC(NC(=O)c1cccc(C)c1)C(=O)NC1CCNCC1.Cl. The van der Waals surface area contributed by atoms with Crippen LogP contribution in [0.2, 0.25) is 0 Å². The standard InChI is InChI=1S/C18H27N3O2S.ClH/c1-13-4-3-5-14(12-13)17(22)21-16(8-11-24-2)18(23)20-15-6-9-19-10-7-15;/h3-5,12,15-16,19H,6-11H2,1-2H3,(H,20,23)(H,21,22);1H. The summed E-state index contributed by atoms with van der Waals surface area (Å²) in [7, 11) is 0. The number of carbonyl (C=O) groups excluding carboxylic acids is 2. The van der Waals surface area contributed by atoms with Crippen LogP contribution in [-0.4, -0.2) is 49.0 Å². The molecule has 0 aromatic heterocycles. The van der Waals surface area contributed by atoms with Crippen LogP contribution in [0.3, 0.4) is 0 Å². The molecule has 2 rings (SSSR count). The van der Waals surface area contributed by atoms with E-state index in [9.17, 15) is 9.59 Å². The second-order valence-electron chi connectivity index (χ2n) is 6.21. The quantitative estimate of drug-likeness (QED) is 0.672. The van der Waals surface area contributed by atoms with Gasteiger partial charge in [0.1, 0.15) is 6.04 Å². The molecule has 0 bridgehead atoms. The maximum Gasteiger partial charge on any atom is 0.251 e. The number of hydrogen-bond donors (Lipinski definition) is 3. The monoisotopic (exact) mass is 385 g/mol. The van der Waals surface area contributed by atoms with Crippen molar-refractivity contribution in [1.29, 1.82) is 0 Å². The van der Waals surface area contributed by atoms with Crippen LogP contribution in [0.15, 0.2) is 24.3 Å². The zero-order chi connectivity index (χ0) is 17.4. The summed E-state index contributed by atoms with van der Waals surface area (Å²) in [6, 6.07) is 7.14. The predicted molar refractivity (Wildman–Crippen MR) is 107 cm³/mol. The van der Waals surface area contributed by atoms with Gasteiger partial charge in [-0.25, -0.2) is 0 Å². The number of aryl methyl sites for hydroxylation is 1. The highest BCUT2D eigenvalue weighted by atomic mass is 35.5. The molecule has 3 N–H and O–H groups in total. The van der Waals surface area contributed by atoms with Gasteiger partial charge in [0, 0.05) is 11.6 Å². The Labute approximate surface area is 160 Å². The highest BCUT2D eigenvalue weighted by Crippen LogP contribution is 2.08. The van der Waals surface area contributed by atoms with Crippen molar-refractivity contribution in [1.82, 2.24) is 16.0 Å². The Kier molecular flexibility index (Phi) is 9.93. The van der Waals surface area contributed by atoms with Gasteiger partial charge in [0.25, 0.3) is 5.91 Å². The minimum atomic E-state index is -0.486. The number of piperidine rings is 1. The number of benzene rings is 1. The maximum absolute atomic E-state index is 12.6. The normalized spacial score (nSPS) is 15.8. The first-order chi connectivity index (χ1) is 11.6. The molecule has 1 aromatic rings. The Hall–Kier alpha value is -1.24. The van der Waals surface area contributed by atoms with Crippen molar-refractivity contribution in [3.63, 3.8) is 0 Å². The van der Waals surface area contributed by atoms with E-state index in [-0.39, 0.29) is 30.3 Å². The second kappa shape index (κ2) is 11.4. The fraction of sp³-hybridized carbons (Fsp3) is 0.556. The first-order valence-corrected chi connectivity index (χ1v) is 9.87. The number of rotatable bonds is 7. The van der Waals surface area contributed by atoms with Crippen molar-refractivity contribution in [3.05, 3.63) is 35.4 Å². The third-order valence-corrected chi connectivity index (χ3v) is 4.84. The summed E-state index contributed by atoms with van der Waals surface area (Å²) in [4.78, 5) is 25.1. The first kappa shape index (κ1) is 21.8. The molecule has 1 aliphatic heterocycles. The van der Waals surface area contributed by atoms with Gasteiger partial charge in [0.2, 0.25) is 5.91 Å². The van der Waals surface area contributed by atoms with Crippen LogP contribution in [0.1, 0.15) is 35.2 Å². The molecule has 1 aliphatic rings. The van der Waals surface area contributed by atoms with Crippen LogP contribution in [0.25, 0.3) is 0 Å². The third-order valence-electron chi connectivity index (χ3n) is 4.20. The summed E-state index contributed by atoms with van der Waals surface area (Å²) >= 11 is 1.68. The minimum Gasteiger partial charge on any atom is -0.351 e. The molecule has 0 radical (unpaired) electrons. The van der Waals surface area contributed by atoms with E-state index in [0.29, 0.717) is 12.0 Å². The third kappa shape index (κ3) is 7.26. The predicted octanol–water partition coefficient (Wildman–Crippen LogP) is 2.14. The van der Waals surface area contributed by atoms with Gasteiger partial charge in [0.15, 0.2) is 0 Å². The van der Waals surface area contributed by atoms with Crippen LogP contribution < -0.4 is 16.0 Å². The van der Waals surface area contributed by atoms with Crippen molar-refractivity contribution in [2.75, 3.05) is 25.1 Å². The van der Waals surface area contributed by atoms with E-state index in [1.807, 2.05) is 31.4 Å². The molecule has 25 heavy (non-hydrogen) atoms. The van der Waals surface area contributed by atoms with Gasteiger partial charge in [-0.1, -0.05) is 17.7 Å². The fourth-order valence-corrected chi connectivity index (χ4v) is 3.27. The zero-order valence-electron chi connectivity index (χ0n) is 14.8.